The number of carbonyl (C=O) groups is 1. The van der Waals surface area contributed by atoms with Crippen LogP contribution in [0, 0.1) is 0 Å². The molecule has 0 spiro atoms. The molecule has 0 aliphatic carbocycles. The average Bonchev–Trinajstić information content (AvgIpc) is 2.47. The number of anilines is 1. The van der Waals surface area contributed by atoms with E-state index in [1.807, 2.05) is 24.3 Å². The molecule has 0 bridgehead atoms. The normalized spacial score (nSPS) is 11.9. The third-order valence-corrected chi connectivity index (χ3v) is 3.68. The predicted octanol–water partition coefficient (Wildman–Crippen LogP) is 3.89. The molecule has 0 aromatic heterocycles. The molecule has 0 saturated carbocycles. The fourth-order valence-electron chi connectivity index (χ4n) is 1.91. The van der Waals surface area contributed by atoms with Gasteiger partial charge in [-0.3, -0.25) is 4.79 Å². The number of rotatable bonds is 4. The number of amides is 1. The SMILES string of the molecule is CC(O)c1ccccc1NC(=O)c1ccc(CBr)cc1. The second-order valence-electron chi connectivity index (χ2n) is 4.55. The third-order valence-electron chi connectivity index (χ3n) is 3.03. The van der Waals surface area contributed by atoms with E-state index in [0.29, 0.717) is 16.8 Å². The molecule has 0 saturated heterocycles. The molecule has 2 rings (SSSR count). The molecule has 2 aromatic carbocycles. The number of hydrogen-bond donors (Lipinski definition) is 2. The van der Waals surface area contributed by atoms with Crippen molar-refractivity contribution in [1.29, 1.82) is 0 Å². The molecule has 104 valence electrons. The van der Waals surface area contributed by atoms with Gasteiger partial charge in [-0.15, -0.1) is 0 Å². The van der Waals surface area contributed by atoms with E-state index in [1.165, 1.54) is 0 Å². The highest BCUT2D eigenvalue weighted by atomic mass is 79.9. The monoisotopic (exact) mass is 333 g/mol. The lowest BCUT2D eigenvalue weighted by molar-refractivity contribution is 0.102. The summed E-state index contributed by atoms with van der Waals surface area (Å²) in [5, 5.41) is 13.3. The molecule has 4 heteroatoms. The minimum absolute atomic E-state index is 0.181. The lowest BCUT2D eigenvalue weighted by Gasteiger charge is -2.13. The highest BCUT2D eigenvalue weighted by Crippen LogP contribution is 2.22. The zero-order valence-electron chi connectivity index (χ0n) is 11.1. The standard InChI is InChI=1S/C16H16BrNO2/c1-11(19)14-4-2-3-5-15(14)18-16(20)13-8-6-12(10-17)7-9-13/h2-9,11,19H,10H2,1H3,(H,18,20). The van der Waals surface area contributed by atoms with Crippen LogP contribution in [0.3, 0.4) is 0 Å². The van der Waals surface area contributed by atoms with Crippen LogP contribution in [0.1, 0.15) is 34.5 Å². The molecule has 0 aliphatic rings. The Labute approximate surface area is 126 Å². The Hall–Kier alpha value is -1.65. The van der Waals surface area contributed by atoms with Gasteiger partial charge in [0.25, 0.3) is 5.91 Å². The van der Waals surface area contributed by atoms with Gasteiger partial charge < -0.3 is 10.4 Å². The number of aliphatic hydroxyl groups excluding tert-OH is 1. The number of halogens is 1. The average molecular weight is 334 g/mol. The summed E-state index contributed by atoms with van der Waals surface area (Å²) in [6, 6.07) is 14.6. The van der Waals surface area contributed by atoms with E-state index < -0.39 is 6.10 Å². The molecule has 20 heavy (non-hydrogen) atoms. The Balaban J connectivity index is 2.19. The smallest absolute Gasteiger partial charge is 0.255 e. The molecule has 2 aromatic rings. The van der Waals surface area contributed by atoms with Crippen LogP contribution in [0.4, 0.5) is 5.69 Å². The zero-order valence-corrected chi connectivity index (χ0v) is 12.7. The van der Waals surface area contributed by atoms with Crippen LogP contribution in [0.5, 0.6) is 0 Å². The van der Waals surface area contributed by atoms with Crippen LogP contribution in [0.2, 0.25) is 0 Å². The van der Waals surface area contributed by atoms with E-state index >= 15 is 0 Å². The Morgan fingerprint density at radius 3 is 2.45 bits per heavy atom. The van der Waals surface area contributed by atoms with Crippen molar-refractivity contribution in [1.82, 2.24) is 0 Å². The van der Waals surface area contributed by atoms with Crippen LogP contribution in [0.25, 0.3) is 0 Å². The molecular weight excluding hydrogens is 318 g/mol. The predicted molar refractivity (Wildman–Crippen MR) is 84.1 cm³/mol. The number of carbonyl (C=O) groups excluding carboxylic acids is 1. The van der Waals surface area contributed by atoms with Crippen LogP contribution < -0.4 is 5.32 Å². The van der Waals surface area contributed by atoms with Crippen molar-refractivity contribution in [2.24, 2.45) is 0 Å². The highest BCUT2D eigenvalue weighted by molar-refractivity contribution is 9.08. The number of aliphatic hydroxyl groups is 1. The summed E-state index contributed by atoms with van der Waals surface area (Å²) in [6.07, 6.45) is -0.623. The highest BCUT2D eigenvalue weighted by Gasteiger charge is 2.11. The van der Waals surface area contributed by atoms with Gasteiger partial charge in [0.2, 0.25) is 0 Å². The fourth-order valence-corrected chi connectivity index (χ4v) is 2.29. The third kappa shape index (κ3) is 3.46. The van der Waals surface area contributed by atoms with E-state index in [-0.39, 0.29) is 5.91 Å². The van der Waals surface area contributed by atoms with Gasteiger partial charge in [-0.05, 0) is 30.7 Å². The summed E-state index contributed by atoms with van der Waals surface area (Å²) in [7, 11) is 0. The molecule has 1 unspecified atom stereocenters. The quantitative estimate of drug-likeness (QED) is 0.834. The van der Waals surface area contributed by atoms with Gasteiger partial charge in [0.15, 0.2) is 0 Å². The molecule has 2 N–H and O–H groups in total. The maximum Gasteiger partial charge on any atom is 0.255 e. The Bertz CT molecular complexity index is 594. The topological polar surface area (TPSA) is 49.3 Å². The minimum Gasteiger partial charge on any atom is -0.389 e. The van der Waals surface area contributed by atoms with Gasteiger partial charge in [-0.1, -0.05) is 46.3 Å². The summed E-state index contributed by atoms with van der Waals surface area (Å²) >= 11 is 3.37. The summed E-state index contributed by atoms with van der Waals surface area (Å²) in [5.41, 5.74) is 3.05. The maximum atomic E-state index is 12.2. The molecule has 3 nitrogen and oxygen atoms in total. The van der Waals surface area contributed by atoms with E-state index in [1.54, 1.807) is 31.2 Å². The molecule has 0 heterocycles. The number of benzene rings is 2. The zero-order chi connectivity index (χ0) is 14.5. The van der Waals surface area contributed by atoms with E-state index in [9.17, 15) is 9.90 Å². The van der Waals surface area contributed by atoms with Gasteiger partial charge in [0.1, 0.15) is 0 Å². The van der Waals surface area contributed by atoms with E-state index in [4.69, 9.17) is 0 Å². The number of para-hydroxylation sites is 1. The fraction of sp³-hybridized carbons (Fsp3) is 0.188. The largest absolute Gasteiger partial charge is 0.389 e. The first-order valence-electron chi connectivity index (χ1n) is 6.35. The number of hydrogen-bond acceptors (Lipinski definition) is 2. The first-order valence-corrected chi connectivity index (χ1v) is 7.47. The lowest BCUT2D eigenvalue weighted by atomic mass is 10.1. The molecule has 1 amide bonds. The summed E-state index contributed by atoms with van der Waals surface area (Å²) in [4.78, 5) is 12.2. The van der Waals surface area contributed by atoms with Gasteiger partial charge in [0.05, 0.1) is 6.10 Å². The van der Waals surface area contributed by atoms with Crippen molar-refractivity contribution < 1.29 is 9.90 Å². The van der Waals surface area contributed by atoms with Crippen molar-refractivity contribution >= 4 is 27.5 Å². The molecular formula is C16H16BrNO2. The van der Waals surface area contributed by atoms with Gasteiger partial charge >= 0.3 is 0 Å². The van der Waals surface area contributed by atoms with Crippen LogP contribution in [-0.4, -0.2) is 11.0 Å². The second kappa shape index (κ2) is 6.68. The summed E-state index contributed by atoms with van der Waals surface area (Å²) in [5.74, 6) is -0.181. The first-order chi connectivity index (χ1) is 9.61. The number of alkyl halides is 1. The molecule has 1 atom stereocenters. The van der Waals surface area contributed by atoms with Gasteiger partial charge in [-0.25, -0.2) is 0 Å². The van der Waals surface area contributed by atoms with Crippen LogP contribution in [0.15, 0.2) is 48.5 Å². The second-order valence-corrected chi connectivity index (χ2v) is 5.11. The summed E-state index contributed by atoms with van der Waals surface area (Å²) in [6.45, 7) is 1.68. The lowest BCUT2D eigenvalue weighted by Crippen LogP contribution is -2.13. The maximum absolute atomic E-state index is 12.2. The molecule has 0 fully saturated rings. The van der Waals surface area contributed by atoms with E-state index in [2.05, 4.69) is 21.2 Å². The minimum atomic E-state index is -0.623. The van der Waals surface area contributed by atoms with Crippen LogP contribution >= 0.6 is 15.9 Å². The van der Waals surface area contributed by atoms with E-state index in [0.717, 1.165) is 10.9 Å². The van der Waals surface area contributed by atoms with Crippen molar-refractivity contribution in [3.63, 3.8) is 0 Å². The van der Waals surface area contributed by atoms with Crippen molar-refractivity contribution in [3.05, 3.63) is 65.2 Å². The molecule has 0 aliphatic heterocycles. The van der Waals surface area contributed by atoms with Crippen molar-refractivity contribution in [2.45, 2.75) is 18.4 Å². The van der Waals surface area contributed by atoms with Crippen molar-refractivity contribution in [2.75, 3.05) is 5.32 Å². The van der Waals surface area contributed by atoms with Crippen LogP contribution in [-0.2, 0) is 5.33 Å². The Morgan fingerprint density at radius 1 is 1.20 bits per heavy atom. The first kappa shape index (κ1) is 14.8. The Kier molecular flexibility index (Phi) is 4.93. The molecule has 0 radical (unpaired) electrons. The number of nitrogens with one attached hydrogen (secondary N) is 1. The summed E-state index contributed by atoms with van der Waals surface area (Å²) < 4.78 is 0. The van der Waals surface area contributed by atoms with Gasteiger partial charge in [0, 0.05) is 22.1 Å². The Morgan fingerprint density at radius 2 is 1.85 bits per heavy atom. The van der Waals surface area contributed by atoms with Crippen molar-refractivity contribution in [3.8, 4) is 0 Å². The van der Waals surface area contributed by atoms with Gasteiger partial charge in [-0.2, -0.15) is 0 Å².